The van der Waals surface area contributed by atoms with Crippen LogP contribution in [0.4, 0.5) is 5.69 Å². The van der Waals surface area contributed by atoms with Crippen LogP contribution >= 0.6 is 0 Å². The van der Waals surface area contributed by atoms with Gasteiger partial charge in [-0.3, -0.25) is 4.79 Å². The Morgan fingerprint density at radius 1 is 1.36 bits per heavy atom. The fourth-order valence-electron chi connectivity index (χ4n) is 1.33. The summed E-state index contributed by atoms with van der Waals surface area (Å²) in [4.78, 5) is 10.8. The molecule has 0 bridgehead atoms. The number of carbonyl (C=O) groups excluding carboxylic acids is 1. The zero-order valence-electron chi connectivity index (χ0n) is 7.73. The Kier molecular flexibility index (Phi) is 2.13. The van der Waals surface area contributed by atoms with E-state index in [1.54, 1.807) is 12.1 Å². The molecule has 0 spiro atoms. The highest BCUT2D eigenvalue weighted by molar-refractivity contribution is 5.93. The average molecular weight is 191 g/mol. The molecule has 4 nitrogen and oxygen atoms in total. The summed E-state index contributed by atoms with van der Waals surface area (Å²) in [6.07, 6.45) is 1.01. The number of carbonyl (C=O) groups is 1. The van der Waals surface area contributed by atoms with E-state index in [2.05, 4.69) is 5.32 Å². The Morgan fingerprint density at radius 3 is 2.36 bits per heavy atom. The Hall–Kier alpha value is -1.55. The minimum atomic E-state index is -0.403. The van der Waals surface area contributed by atoms with E-state index < -0.39 is 5.91 Å². The van der Waals surface area contributed by atoms with Crippen molar-refractivity contribution in [2.24, 2.45) is 11.5 Å². The minimum Gasteiger partial charge on any atom is -0.381 e. The predicted octanol–water partition coefficient (Wildman–Crippen LogP) is 0.297. The maximum absolute atomic E-state index is 10.8. The van der Waals surface area contributed by atoms with Crippen molar-refractivity contribution in [3.8, 4) is 0 Å². The van der Waals surface area contributed by atoms with Crippen LogP contribution in [0.25, 0.3) is 0 Å². The van der Waals surface area contributed by atoms with Crippen LogP contribution in [0.1, 0.15) is 16.8 Å². The molecule has 1 amide bonds. The Morgan fingerprint density at radius 2 is 1.93 bits per heavy atom. The molecule has 2 atom stereocenters. The number of hydrogen-bond donors (Lipinski definition) is 3. The highest BCUT2D eigenvalue weighted by Crippen LogP contribution is 2.23. The molecule has 1 saturated carbocycles. The predicted molar refractivity (Wildman–Crippen MR) is 55.0 cm³/mol. The number of nitrogens with two attached hydrogens (primary N) is 2. The van der Waals surface area contributed by atoms with Gasteiger partial charge >= 0.3 is 0 Å². The van der Waals surface area contributed by atoms with E-state index in [-0.39, 0.29) is 6.04 Å². The largest absolute Gasteiger partial charge is 0.381 e. The summed E-state index contributed by atoms with van der Waals surface area (Å²) in [6, 6.07) is 7.74. The molecular weight excluding hydrogens is 178 g/mol. The van der Waals surface area contributed by atoms with E-state index in [4.69, 9.17) is 11.5 Å². The topological polar surface area (TPSA) is 81.1 Å². The van der Waals surface area contributed by atoms with Gasteiger partial charge in [-0.2, -0.15) is 0 Å². The number of rotatable bonds is 3. The maximum atomic E-state index is 10.8. The molecular formula is C10H13N3O. The third kappa shape index (κ3) is 1.85. The van der Waals surface area contributed by atoms with Crippen molar-refractivity contribution in [3.63, 3.8) is 0 Å². The lowest BCUT2D eigenvalue weighted by molar-refractivity contribution is 0.100. The standard InChI is InChI=1S/C10H13N3O/c11-8-5-9(8)13-7-3-1-6(2-4-7)10(12)14/h1-4,8-9,13H,5,11H2,(H2,12,14). The quantitative estimate of drug-likeness (QED) is 0.642. The van der Waals surface area contributed by atoms with Crippen molar-refractivity contribution < 1.29 is 4.79 Å². The lowest BCUT2D eigenvalue weighted by atomic mass is 10.2. The fourth-order valence-corrected chi connectivity index (χ4v) is 1.33. The molecule has 1 aliphatic carbocycles. The van der Waals surface area contributed by atoms with Gasteiger partial charge in [0.15, 0.2) is 0 Å². The second-order valence-corrected chi connectivity index (χ2v) is 3.59. The molecule has 4 heteroatoms. The Labute approximate surface area is 82.3 Å². The number of amides is 1. The monoisotopic (exact) mass is 191 g/mol. The highest BCUT2D eigenvalue weighted by atomic mass is 16.1. The number of benzene rings is 1. The summed E-state index contributed by atoms with van der Waals surface area (Å²) in [5, 5.41) is 3.25. The van der Waals surface area contributed by atoms with Crippen molar-refractivity contribution in [2.75, 3.05) is 5.32 Å². The first kappa shape index (κ1) is 9.02. The van der Waals surface area contributed by atoms with Gasteiger partial charge in [-0.1, -0.05) is 0 Å². The van der Waals surface area contributed by atoms with Gasteiger partial charge in [0, 0.05) is 23.3 Å². The van der Waals surface area contributed by atoms with E-state index in [1.807, 2.05) is 12.1 Å². The van der Waals surface area contributed by atoms with Crippen LogP contribution in [-0.2, 0) is 0 Å². The molecule has 1 fully saturated rings. The van der Waals surface area contributed by atoms with E-state index >= 15 is 0 Å². The van der Waals surface area contributed by atoms with Gasteiger partial charge in [-0.25, -0.2) is 0 Å². The Bertz CT molecular complexity index is 347. The number of hydrogen-bond acceptors (Lipinski definition) is 3. The number of nitrogens with one attached hydrogen (secondary N) is 1. The first-order valence-corrected chi connectivity index (χ1v) is 4.59. The van der Waals surface area contributed by atoms with Crippen LogP contribution in [0.5, 0.6) is 0 Å². The van der Waals surface area contributed by atoms with E-state index in [1.165, 1.54) is 0 Å². The number of anilines is 1. The zero-order chi connectivity index (χ0) is 10.1. The van der Waals surface area contributed by atoms with Gasteiger partial charge in [0.25, 0.3) is 0 Å². The second-order valence-electron chi connectivity index (χ2n) is 3.59. The normalized spacial score (nSPS) is 24.4. The van der Waals surface area contributed by atoms with E-state index in [0.29, 0.717) is 11.6 Å². The van der Waals surface area contributed by atoms with Gasteiger partial charge in [-0.15, -0.1) is 0 Å². The van der Waals surface area contributed by atoms with Crippen LogP contribution in [0, 0.1) is 0 Å². The van der Waals surface area contributed by atoms with Gasteiger partial charge in [0.05, 0.1) is 0 Å². The third-order valence-electron chi connectivity index (χ3n) is 2.36. The fraction of sp³-hybridized carbons (Fsp3) is 0.300. The highest BCUT2D eigenvalue weighted by Gasteiger charge is 2.32. The molecule has 0 radical (unpaired) electrons. The lowest BCUT2D eigenvalue weighted by Crippen LogP contribution is -2.14. The average Bonchev–Trinajstić information content (AvgIpc) is 2.82. The van der Waals surface area contributed by atoms with Crippen LogP contribution in [0.2, 0.25) is 0 Å². The molecule has 2 rings (SSSR count). The molecule has 0 saturated heterocycles. The number of primary amides is 1. The van der Waals surface area contributed by atoms with Crippen molar-refractivity contribution in [1.82, 2.24) is 0 Å². The first-order chi connectivity index (χ1) is 6.66. The smallest absolute Gasteiger partial charge is 0.248 e. The SMILES string of the molecule is NC(=O)c1ccc(NC2CC2N)cc1. The van der Waals surface area contributed by atoms with Crippen molar-refractivity contribution in [2.45, 2.75) is 18.5 Å². The molecule has 0 aliphatic heterocycles. The van der Waals surface area contributed by atoms with Crippen LogP contribution in [0.15, 0.2) is 24.3 Å². The first-order valence-electron chi connectivity index (χ1n) is 4.59. The lowest BCUT2D eigenvalue weighted by Gasteiger charge is -2.04. The summed E-state index contributed by atoms with van der Waals surface area (Å²) in [5.74, 6) is -0.403. The zero-order valence-corrected chi connectivity index (χ0v) is 7.73. The van der Waals surface area contributed by atoms with Crippen molar-refractivity contribution in [3.05, 3.63) is 29.8 Å². The van der Waals surface area contributed by atoms with Crippen LogP contribution in [0.3, 0.4) is 0 Å². The van der Waals surface area contributed by atoms with Gasteiger partial charge in [0.1, 0.15) is 0 Å². The molecule has 74 valence electrons. The van der Waals surface area contributed by atoms with Crippen LogP contribution in [-0.4, -0.2) is 18.0 Å². The van der Waals surface area contributed by atoms with E-state index in [0.717, 1.165) is 12.1 Å². The molecule has 14 heavy (non-hydrogen) atoms. The summed E-state index contributed by atoms with van der Waals surface area (Å²) < 4.78 is 0. The Balaban J connectivity index is 2.02. The van der Waals surface area contributed by atoms with Gasteiger partial charge in [0.2, 0.25) is 5.91 Å². The van der Waals surface area contributed by atoms with E-state index in [9.17, 15) is 4.79 Å². The minimum absolute atomic E-state index is 0.269. The maximum Gasteiger partial charge on any atom is 0.248 e. The van der Waals surface area contributed by atoms with Crippen molar-refractivity contribution >= 4 is 11.6 Å². The van der Waals surface area contributed by atoms with Gasteiger partial charge in [-0.05, 0) is 30.7 Å². The second kappa shape index (κ2) is 3.31. The molecule has 0 heterocycles. The summed E-state index contributed by atoms with van der Waals surface area (Å²) >= 11 is 0. The van der Waals surface area contributed by atoms with Gasteiger partial charge < -0.3 is 16.8 Å². The van der Waals surface area contributed by atoms with Crippen LogP contribution < -0.4 is 16.8 Å². The third-order valence-corrected chi connectivity index (χ3v) is 2.36. The van der Waals surface area contributed by atoms with Crippen molar-refractivity contribution in [1.29, 1.82) is 0 Å². The summed E-state index contributed by atoms with van der Waals surface area (Å²) in [7, 11) is 0. The molecule has 1 aliphatic rings. The molecule has 0 aromatic heterocycles. The molecule has 2 unspecified atom stereocenters. The molecule has 1 aromatic rings. The summed E-state index contributed by atoms with van der Waals surface area (Å²) in [5.41, 5.74) is 12.3. The molecule has 5 N–H and O–H groups in total. The molecule has 1 aromatic carbocycles. The summed E-state index contributed by atoms with van der Waals surface area (Å²) in [6.45, 7) is 0.